The molecule has 3 aromatic carbocycles. The van der Waals surface area contributed by atoms with Crippen molar-refractivity contribution in [2.45, 2.75) is 6.61 Å². The van der Waals surface area contributed by atoms with Crippen LogP contribution in [-0.2, 0) is 6.61 Å². The highest BCUT2D eigenvalue weighted by Gasteiger charge is 2.13. The number of anilines is 2. The van der Waals surface area contributed by atoms with Crippen LogP contribution in [0.3, 0.4) is 0 Å². The standard InChI is InChI=1S/C25H15Cl3N4O3S/c26-19-7-1-14(9-20(19)27)12-35-22-8-4-16(10-21(22)28)31-24-18-11-23(36-25(18)30-13-29-24)15-2-5-17(6-3-15)32(33)34/h1-11,13H,12H2,(H,29,30,31). The Morgan fingerprint density at radius 2 is 1.72 bits per heavy atom. The lowest BCUT2D eigenvalue weighted by atomic mass is 10.1. The van der Waals surface area contributed by atoms with E-state index in [2.05, 4.69) is 15.3 Å². The maximum Gasteiger partial charge on any atom is 0.269 e. The van der Waals surface area contributed by atoms with E-state index in [1.54, 1.807) is 36.4 Å². The molecule has 0 bridgehead atoms. The molecule has 0 spiro atoms. The number of aromatic nitrogens is 2. The molecule has 5 aromatic rings. The quantitative estimate of drug-likeness (QED) is 0.159. The molecule has 0 unspecified atom stereocenters. The lowest BCUT2D eigenvalue weighted by Crippen LogP contribution is -1.98. The Bertz CT molecular complexity index is 1590. The Hall–Kier alpha value is -3.43. The van der Waals surface area contributed by atoms with Gasteiger partial charge in [-0.15, -0.1) is 11.3 Å². The van der Waals surface area contributed by atoms with Crippen molar-refractivity contribution >= 4 is 73.5 Å². The number of hydrogen-bond donors (Lipinski definition) is 1. The Balaban J connectivity index is 1.34. The molecular weight excluding hydrogens is 543 g/mol. The molecule has 5 rings (SSSR count). The topological polar surface area (TPSA) is 90.2 Å². The molecule has 0 saturated heterocycles. The second-order valence-electron chi connectivity index (χ2n) is 7.66. The summed E-state index contributed by atoms with van der Waals surface area (Å²) in [5.41, 5.74) is 2.50. The van der Waals surface area contributed by atoms with Crippen LogP contribution in [-0.4, -0.2) is 14.9 Å². The number of nitro benzene ring substituents is 1. The van der Waals surface area contributed by atoms with Crippen LogP contribution in [0.4, 0.5) is 17.2 Å². The average Bonchev–Trinajstić information content (AvgIpc) is 3.31. The van der Waals surface area contributed by atoms with E-state index in [9.17, 15) is 10.1 Å². The maximum atomic E-state index is 10.9. The van der Waals surface area contributed by atoms with Crippen molar-refractivity contribution in [3.63, 3.8) is 0 Å². The van der Waals surface area contributed by atoms with Gasteiger partial charge in [-0.05, 0) is 59.7 Å². The van der Waals surface area contributed by atoms with Gasteiger partial charge in [-0.3, -0.25) is 10.1 Å². The van der Waals surface area contributed by atoms with E-state index in [0.717, 1.165) is 31.9 Å². The monoisotopic (exact) mass is 556 g/mol. The van der Waals surface area contributed by atoms with Crippen molar-refractivity contribution in [3.8, 4) is 16.2 Å². The van der Waals surface area contributed by atoms with E-state index in [0.29, 0.717) is 26.6 Å². The molecule has 0 radical (unpaired) electrons. The normalized spacial score (nSPS) is 11.0. The third-order valence-corrected chi connectivity index (χ3v) is 7.39. The van der Waals surface area contributed by atoms with Crippen LogP contribution >= 0.6 is 46.1 Å². The molecule has 36 heavy (non-hydrogen) atoms. The zero-order valence-electron chi connectivity index (χ0n) is 18.2. The Labute approximate surface area is 224 Å². The van der Waals surface area contributed by atoms with E-state index in [1.807, 2.05) is 18.2 Å². The Morgan fingerprint density at radius 1 is 0.917 bits per heavy atom. The van der Waals surface area contributed by atoms with Crippen LogP contribution in [0.5, 0.6) is 5.75 Å². The molecule has 0 aliphatic rings. The van der Waals surface area contributed by atoms with Gasteiger partial charge in [0.15, 0.2) is 0 Å². The predicted molar refractivity (Wildman–Crippen MR) is 145 cm³/mol. The fraction of sp³-hybridized carbons (Fsp3) is 0.0400. The minimum Gasteiger partial charge on any atom is -0.487 e. The van der Waals surface area contributed by atoms with Gasteiger partial charge < -0.3 is 10.1 Å². The lowest BCUT2D eigenvalue weighted by Gasteiger charge is -2.11. The summed E-state index contributed by atoms with van der Waals surface area (Å²) in [5.74, 6) is 1.14. The first-order valence-electron chi connectivity index (χ1n) is 10.5. The number of benzene rings is 3. The second kappa shape index (κ2) is 10.3. The number of non-ortho nitro benzene ring substituents is 1. The summed E-state index contributed by atoms with van der Waals surface area (Å²) in [7, 11) is 0. The Kier molecular flexibility index (Phi) is 6.93. The van der Waals surface area contributed by atoms with Crippen LogP contribution in [0, 0.1) is 10.1 Å². The number of ether oxygens (including phenoxy) is 1. The fourth-order valence-electron chi connectivity index (χ4n) is 3.47. The van der Waals surface area contributed by atoms with Gasteiger partial charge in [0, 0.05) is 22.7 Å². The first kappa shape index (κ1) is 24.3. The van der Waals surface area contributed by atoms with Crippen molar-refractivity contribution < 1.29 is 9.66 Å². The van der Waals surface area contributed by atoms with Gasteiger partial charge >= 0.3 is 0 Å². The Morgan fingerprint density at radius 3 is 2.44 bits per heavy atom. The van der Waals surface area contributed by atoms with Gasteiger partial charge in [0.25, 0.3) is 5.69 Å². The molecule has 0 aliphatic carbocycles. The molecule has 2 heterocycles. The summed E-state index contributed by atoms with van der Waals surface area (Å²) >= 11 is 20.0. The smallest absolute Gasteiger partial charge is 0.269 e. The van der Waals surface area contributed by atoms with E-state index < -0.39 is 4.92 Å². The summed E-state index contributed by atoms with van der Waals surface area (Å²) in [6.45, 7) is 0.288. The maximum absolute atomic E-state index is 10.9. The largest absolute Gasteiger partial charge is 0.487 e. The highest BCUT2D eigenvalue weighted by molar-refractivity contribution is 7.21. The van der Waals surface area contributed by atoms with Crippen molar-refractivity contribution in [1.82, 2.24) is 9.97 Å². The number of rotatable bonds is 7. The van der Waals surface area contributed by atoms with Crippen molar-refractivity contribution in [2.75, 3.05) is 5.32 Å². The molecule has 2 aromatic heterocycles. The minimum absolute atomic E-state index is 0.0447. The summed E-state index contributed by atoms with van der Waals surface area (Å²) < 4.78 is 5.84. The van der Waals surface area contributed by atoms with E-state index in [4.69, 9.17) is 39.5 Å². The SMILES string of the molecule is O=[N+]([O-])c1ccc(-c2cc3c(Nc4ccc(OCc5ccc(Cl)c(Cl)c5)c(Cl)c4)ncnc3s2)cc1. The second-order valence-corrected chi connectivity index (χ2v) is 9.92. The molecule has 11 heteroatoms. The number of hydrogen-bond acceptors (Lipinski definition) is 7. The number of thiophene rings is 1. The van der Waals surface area contributed by atoms with Gasteiger partial charge in [-0.1, -0.05) is 40.9 Å². The van der Waals surface area contributed by atoms with Gasteiger partial charge in [-0.2, -0.15) is 0 Å². The summed E-state index contributed by atoms with van der Waals surface area (Å²) in [6.07, 6.45) is 1.48. The number of fused-ring (bicyclic) bond motifs is 1. The number of nitro groups is 1. The first-order valence-corrected chi connectivity index (χ1v) is 12.4. The van der Waals surface area contributed by atoms with E-state index >= 15 is 0 Å². The summed E-state index contributed by atoms with van der Waals surface area (Å²) in [4.78, 5) is 21.0. The molecule has 0 atom stereocenters. The summed E-state index contributed by atoms with van der Waals surface area (Å²) in [6, 6.07) is 19.0. The predicted octanol–water partition coefficient (Wildman–Crippen LogP) is 8.55. The van der Waals surface area contributed by atoms with Crippen LogP contribution in [0.1, 0.15) is 5.56 Å². The molecule has 0 fully saturated rings. The van der Waals surface area contributed by atoms with Crippen molar-refractivity contribution in [2.24, 2.45) is 0 Å². The van der Waals surface area contributed by atoms with Gasteiger partial charge in [0.05, 0.1) is 25.4 Å². The molecule has 0 aliphatic heterocycles. The number of nitrogens with zero attached hydrogens (tertiary/aromatic N) is 3. The fourth-order valence-corrected chi connectivity index (χ4v) is 5.03. The highest BCUT2D eigenvalue weighted by Crippen LogP contribution is 2.37. The molecule has 180 valence electrons. The molecule has 0 amide bonds. The van der Waals surface area contributed by atoms with Gasteiger partial charge in [0.1, 0.15) is 29.3 Å². The van der Waals surface area contributed by atoms with E-state index in [-0.39, 0.29) is 12.3 Å². The van der Waals surface area contributed by atoms with Crippen molar-refractivity contribution in [1.29, 1.82) is 0 Å². The van der Waals surface area contributed by atoms with Crippen LogP contribution in [0.2, 0.25) is 15.1 Å². The van der Waals surface area contributed by atoms with Crippen LogP contribution in [0.25, 0.3) is 20.7 Å². The van der Waals surface area contributed by atoms with Crippen molar-refractivity contribution in [3.05, 3.63) is 104 Å². The minimum atomic E-state index is -0.420. The average molecular weight is 558 g/mol. The first-order chi connectivity index (χ1) is 17.4. The zero-order valence-corrected chi connectivity index (χ0v) is 21.3. The molecule has 7 nitrogen and oxygen atoms in total. The lowest BCUT2D eigenvalue weighted by molar-refractivity contribution is -0.384. The third kappa shape index (κ3) is 5.22. The molecule has 0 saturated carbocycles. The third-order valence-electron chi connectivity index (χ3n) is 5.27. The molecular formula is C25H15Cl3N4O3S. The molecule has 1 N–H and O–H groups in total. The zero-order chi connectivity index (χ0) is 25.2. The van der Waals surface area contributed by atoms with Crippen LogP contribution < -0.4 is 10.1 Å². The summed E-state index contributed by atoms with van der Waals surface area (Å²) in [5, 5.41) is 16.4. The number of halogens is 3. The number of nitrogens with one attached hydrogen (secondary N) is 1. The highest BCUT2D eigenvalue weighted by atomic mass is 35.5. The van der Waals surface area contributed by atoms with E-state index in [1.165, 1.54) is 29.8 Å². The van der Waals surface area contributed by atoms with Gasteiger partial charge in [-0.25, -0.2) is 9.97 Å². The van der Waals surface area contributed by atoms with Gasteiger partial charge in [0.2, 0.25) is 0 Å². The van der Waals surface area contributed by atoms with Crippen LogP contribution in [0.15, 0.2) is 73.1 Å².